The van der Waals surface area contributed by atoms with E-state index in [0.717, 1.165) is 4.70 Å². The summed E-state index contributed by atoms with van der Waals surface area (Å²) in [6.45, 7) is 6.38. The van der Waals surface area contributed by atoms with Gasteiger partial charge in [0.15, 0.2) is 0 Å². The average molecular weight is 265 g/mol. The summed E-state index contributed by atoms with van der Waals surface area (Å²) in [6.07, 6.45) is 1.74. The van der Waals surface area contributed by atoms with E-state index in [9.17, 15) is 14.7 Å². The molecule has 0 unspecified atom stereocenters. The maximum Gasteiger partial charge on any atom is 0.337 e. The van der Waals surface area contributed by atoms with Gasteiger partial charge in [-0.2, -0.15) is 0 Å². The normalized spacial score (nSPS) is 11.3. The van der Waals surface area contributed by atoms with Crippen molar-refractivity contribution in [2.24, 2.45) is 5.92 Å². The molecule has 0 spiro atoms. The second-order valence-electron chi connectivity index (χ2n) is 4.74. The van der Waals surface area contributed by atoms with Gasteiger partial charge in [0.2, 0.25) is 0 Å². The largest absolute Gasteiger partial charge is 0.478 e. The number of nitrogens with zero attached hydrogens (tertiary/aromatic N) is 1. The molecule has 0 bridgehead atoms. The number of aryl methyl sites for hydroxylation is 1. The molecular weight excluding hydrogens is 250 g/mol. The molecule has 0 aromatic carbocycles. The maximum absolute atomic E-state index is 12.3. The van der Waals surface area contributed by atoms with E-state index >= 15 is 0 Å². The van der Waals surface area contributed by atoms with Crippen molar-refractivity contribution in [3.05, 3.63) is 33.1 Å². The second kappa shape index (κ2) is 4.57. The zero-order chi connectivity index (χ0) is 13.4. The first kappa shape index (κ1) is 12.8. The standard InChI is InChI=1S/C13H15NO3S/c1-7(2)6-14-5-4-9-11(12(14)15)10(13(16)17)8(3)18-9/h4-5,7H,6H2,1-3H3,(H,16,17). The number of aromatic nitrogens is 1. The number of rotatable bonds is 3. The van der Waals surface area contributed by atoms with Gasteiger partial charge in [0, 0.05) is 22.3 Å². The lowest BCUT2D eigenvalue weighted by Gasteiger charge is -2.08. The molecule has 96 valence electrons. The molecule has 1 N–H and O–H groups in total. The fourth-order valence-electron chi connectivity index (χ4n) is 2.06. The van der Waals surface area contributed by atoms with Crippen molar-refractivity contribution in [2.45, 2.75) is 27.3 Å². The number of fused-ring (bicyclic) bond motifs is 1. The minimum Gasteiger partial charge on any atom is -0.478 e. The molecule has 2 aromatic heterocycles. The third-order valence-electron chi connectivity index (χ3n) is 2.77. The van der Waals surface area contributed by atoms with E-state index in [1.165, 1.54) is 11.3 Å². The van der Waals surface area contributed by atoms with E-state index in [1.54, 1.807) is 17.7 Å². The number of carboxylic acid groups (broad SMARTS) is 1. The van der Waals surface area contributed by atoms with Gasteiger partial charge in [-0.15, -0.1) is 11.3 Å². The minimum atomic E-state index is -1.03. The van der Waals surface area contributed by atoms with Crippen molar-refractivity contribution in [1.29, 1.82) is 0 Å². The number of thiophene rings is 1. The molecule has 0 aliphatic heterocycles. The molecule has 0 atom stereocenters. The molecule has 0 saturated heterocycles. The number of pyridine rings is 1. The predicted molar refractivity (Wildman–Crippen MR) is 72.6 cm³/mol. The van der Waals surface area contributed by atoms with Crippen LogP contribution in [0.15, 0.2) is 17.1 Å². The maximum atomic E-state index is 12.3. The molecule has 18 heavy (non-hydrogen) atoms. The van der Waals surface area contributed by atoms with Crippen LogP contribution in [-0.2, 0) is 6.54 Å². The van der Waals surface area contributed by atoms with Crippen LogP contribution in [0.2, 0.25) is 0 Å². The molecule has 0 fully saturated rings. The van der Waals surface area contributed by atoms with Crippen LogP contribution in [0.5, 0.6) is 0 Å². The molecule has 5 heteroatoms. The van der Waals surface area contributed by atoms with E-state index < -0.39 is 5.97 Å². The lowest BCUT2D eigenvalue weighted by Crippen LogP contribution is -2.22. The zero-order valence-corrected chi connectivity index (χ0v) is 11.4. The zero-order valence-electron chi connectivity index (χ0n) is 10.6. The summed E-state index contributed by atoms with van der Waals surface area (Å²) < 4.78 is 2.33. The Morgan fingerprint density at radius 1 is 1.50 bits per heavy atom. The van der Waals surface area contributed by atoms with Crippen molar-refractivity contribution >= 4 is 27.4 Å². The Balaban J connectivity index is 2.76. The summed E-state index contributed by atoms with van der Waals surface area (Å²) >= 11 is 1.35. The molecule has 2 aromatic rings. The van der Waals surface area contributed by atoms with Crippen molar-refractivity contribution < 1.29 is 9.90 Å². The summed E-state index contributed by atoms with van der Waals surface area (Å²) in [5.41, 5.74) is -0.0546. The van der Waals surface area contributed by atoms with E-state index in [4.69, 9.17) is 0 Å². The molecule has 0 amide bonds. The SMILES string of the molecule is Cc1sc2ccn(CC(C)C)c(=O)c2c1C(=O)O. The Bertz CT molecular complexity index is 667. The van der Waals surface area contributed by atoms with Gasteiger partial charge < -0.3 is 9.67 Å². The Labute approximate surface area is 108 Å². The highest BCUT2D eigenvalue weighted by Gasteiger charge is 2.19. The van der Waals surface area contributed by atoms with Gasteiger partial charge in [-0.1, -0.05) is 13.8 Å². The van der Waals surface area contributed by atoms with E-state index in [2.05, 4.69) is 0 Å². The minimum absolute atomic E-state index is 0.151. The lowest BCUT2D eigenvalue weighted by atomic mass is 10.1. The van der Waals surface area contributed by atoms with Crippen LogP contribution < -0.4 is 5.56 Å². The molecule has 0 radical (unpaired) electrons. The van der Waals surface area contributed by atoms with Crippen molar-refractivity contribution in [3.63, 3.8) is 0 Å². The van der Waals surface area contributed by atoms with Crippen LogP contribution in [0.3, 0.4) is 0 Å². The van der Waals surface area contributed by atoms with Gasteiger partial charge in [-0.25, -0.2) is 4.79 Å². The fraction of sp³-hybridized carbons (Fsp3) is 0.385. The Morgan fingerprint density at radius 2 is 2.17 bits per heavy atom. The van der Waals surface area contributed by atoms with E-state index in [-0.39, 0.29) is 11.1 Å². The lowest BCUT2D eigenvalue weighted by molar-refractivity contribution is 0.0699. The number of hydrogen-bond acceptors (Lipinski definition) is 3. The number of hydrogen-bond donors (Lipinski definition) is 1. The highest BCUT2D eigenvalue weighted by Crippen LogP contribution is 2.28. The van der Waals surface area contributed by atoms with Crippen LogP contribution in [0, 0.1) is 12.8 Å². The molecule has 4 nitrogen and oxygen atoms in total. The van der Waals surface area contributed by atoms with Gasteiger partial charge in [0.1, 0.15) is 0 Å². The third kappa shape index (κ3) is 2.06. The van der Waals surface area contributed by atoms with Crippen LogP contribution in [-0.4, -0.2) is 15.6 Å². The topological polar surface area (TPSA) is 59.3 Å². The van der Waals surface area contributed by atoms with Crippen LogP contribution in [0.25, 0.3) is 10.1 Å². The first-order valence-electron chi connectivity index (χ1n) is 5.77. The summed E-state index contributed by atoms with van der Waals surface area (Å²) in [5.74, 6) is -0.689. The highest BCUT2D eigenvalue weighted by atomic mass is 32.1. The first-order chi connectivity index (χ1) is 8.41. The smallest absolute Gasteiger partial charge is 0.337 e. The van der Waals surface area contributed by atoms with Crippen LogP contribution in [0.1, 0.15) is 29.1 Å². The molecule has 0 aliphatic carbocycles. The molecular formula is C13H15NO3S. The molecule has 2 rings (SSSR count). The van der Waals surface area contributed by atoms with Gasteiger partial charge in [0.05, 0.1) is 10.9 Å². The van der Waals surface area contributed by atoms with E-state index in [1.807, 2.05) is 19.9 Å². The molecule has 0 saturated carbocycles. The monoisotopic (exact) mass is 265 g/mol. The summed E-state index contributed by atoms with van der Waals surface area (Å²) in [6, 6.07) is 1.82. The first-order valence-corrected chi connectivity index (χ1v) is 6.59. The summed E-state index contributed by atoms with van der Waals surface area (Å²) in [7, 11) is 0. The van der Waals surface area contributed by atoms with Gasteiger partial charge in [-0.3, -0.25) is 4.79 Å². The number of carboxylic acids is 1. The number of aromatic carboxylic acids is 1. The van der Waals surface area contributed by atoms with Crippen LogP contribution >= 0.6 is 11.3 Å². The van der Waals surface area contributed by atoms with Crippen molar-refractivity contribution in [2.75, 3.05) is 0 Å². The number of carbonyl (C=O) groups is 1. The average Bonchev–Trinajstić information content (AvgIpc) is 2.59. The van der Waals surface area contributed by atoms with Gasteiger partial charge >= 0.3 is 5.97 Å². The van der Waals surface area contributed by atoms with Crippen LogP contribution in [0.4, 0.5) is 0 Å². The summed E-state index contributed by atoms with van der Waals surface area (Å²) in [5, 5.41) is 9.55. The van der Waals surface area contributed by atoms with Gasteiger partial charge in [0.25, 0.3) is 5.56 Å². The second-order valence-corrected chi connectivity index (χ2v) is 6.00. The molecule has 0 aliphatic rings. The Kier molecular flexibility index (Phi) is 3.26. The molecule has 2 heterocycles. The summed E-state index contributed by atoms with van der Waals surface area (Å²) in [4.78, 5) is 24.2. The van der Waals surface area contributed by atoms with Crippen molar-refractivity contribution in [3.8, 4) is 0 Å². The Morgan fingerprint density at radius 3 is 2.72 bits per heavy atom. The third-order valence-corrected chi connectivity index (χ3v) is 3.84. The van der Waals surface area contributed by atoms with Crippen molar-refractivity contribution in [1.82, 2.24) is 4.57 Å². The fourth-order valence-corrected chi connectivity index (χ4v) is 3.10. The highest BCUT2D eigenvalue weighted by molar-refractivity contribution is 7.19. The predicted octanol–water partition coefficient (Wildman–Crippen LogP) is 2.73. The van der Waals surface area contributed by atoms with Gasteiger partial charge in [-0.05, 0) is 18.9 Å². The quantitative estimate of drug-likeness (QED) is 0.928. The Hall–Kier alpha value is -1.62. The van der Waals surface area contributed by atoms with E-state index in [0.29, 0.717) is 22.7 Å².